The maximum Gasteiger partial charge on any atom is 0.356 e. The summed E-state index contributed by atoms with van der Waals surface area (Å²) in [6, 6.07) is 5.58. The topological polar surface area (TPSA) is 55.7 Å². The second-order valence-corrected chi connectivity index (χ2v) is 3.50. The van der Waals surface area contributed by atoms with E-state index in [0.29, 0.717) is 12.0 Å². The van der Waals surface area contributed by atoms with Crippen molar-refractivity contribution < 1.29 is 14.1 Å². The third-order valence-corrected chi connectivity index (χ3v) is 2.66. The highest BCUT2D eigenvalue weighted by molar-refractivity contribution is 5.24. The molecule has 4 nitrogen and oxygen atoms in total. The normalized spacial score (nSPS) is 28.8. The Hall–Kier alpha value is -1.49. The van der Waals surface area contributed by atoms with Crippen LogP contribution in [0.3, 0.4) is 0 Å². The highest BCUT2D eigenvalue weighted by atomic mass is 19.1. The summed E-state index contributed by atoms with van der Waals surface area (Å²) >= 11 is 0. The summed E-state index contributed by atoms with van der Waals surface area (Å²) in [7, 11) is 0. The summed E-state index contributed by atoms with van der Waals surface area (Å²) < 4.78 is 17.7. The number of nitro groups is 1. The molecule has 0 aliphatic carbocycles. The summed E-state index contributed by atoms with van der Waals surface area (Å²) in [6.45, 7) is 1.70. The third kappa shape index (κ3) is 1.48. The molecule has 0 N–H and O–H groups in total. The monoisotopic (exact) mass is 211 g/mol. The molecule has 1 aromatic rings. The van der Waals surface area contributed by atoms with Crippen molar-refractivity contribution in [2.45, 2.75) is 25.2 Å². The summed E-state index contributed by atoms with van der Waals surface area (Å²) in [5, 5.41) is 10.8. The van der Waals surface area contributed by atoms with Crippen molar-refractivity contribution in [3.05, 3.63) is 45.8 Å². The second-order valence-electron chi connectivity index (χ2n) is 3.50. The average Bonchev–Trinajstić information content (AvgIpc) is 2.95. The van der Waals surface area contributed by atoms with Gasteiger partial charge in [0.05, 0.1) is 4.92 Å². The van der Waals surface area contributed by atoms with Crippen molar-refractivity contribution in [1.82, 2.24) is 0 Å². The Labute approximate surface area is 85.8 Å². The van der Waals surface area contributed by atoms with Crippen LogP contribution in [0.25, 0.3) is 0 Å². The molecule has 1 saturated heterocycles. The molecule has 2 rings (SSSR count). The largest absolute Gasteiger partial charge is 0.356 e. The zero-order valence-electron chi connectivity index (χ0n) is 8.14. The molecule has 80 valence electrons. The van der Waals surface area contributed by atoms with Gasteiger partial charge in [-0.05, 0) is 17.7 Å². The molecule has 1 fully saturated rings. The molecule has 2 atom stereocenters. The van der Waals surface area contributed by atoms with Gasteiger partial charge in [0.25, 0.3) is 0 Å². The minimum atomic E-state index is -1.29. The molecular formula is C10H10FNO3. The first-order valence-electron chi connectivity index (χ1n) is 4.68. The van der Waals surface area contributed by atoms with Crippen LogP contribution < -0.4 is 0 Å². The number of hydrogen-bond acceptors (Lipinski definition) is 3. The third-order valence-electron chi connectivity index (χ3n) is 2.66. The van der Waals surface area contributed by atoms with Gasteiger partial charge in [-0.15, -0.1) is 0 Å². The van der Waals surface area contributed by atoms with Crippen molar-refractivity contribution in [2.75, 3.05) is 0 Å². The number of benzene rings is 1. The van der Waals surface area contributed by atoms with E-state index >= 15 is 0 Å². The van der Waals surface area contributed by atoms with E-state index in [2.05, 4.69) is 0 Å². The SMILES string of the molecule is CC[C@@]1([N+](=O)[O-])O[C@@H]1c1ccc(F)cc1. The molecule has 0 radical (unpaired) electrons. The first-order chi connectivity index (χ1) is 7.10. The van der Waals surface area contributed by atoms with Crippen molar-refractivity contribution >= 4 is 0 Å². The van der Waals surface area contributed by atoms with Crippen LogP contribution in [0.15, 0.2) is 24.3 Å². The molecule has 1 aliphatic heterocycles. The summed E-state index contributed by atoms with van der Waals surface area (Å²) in [4.78, 5) is 10.4. The minimum absolute atomic E-state index is 0.308. The number of epoxide rings is 1. The molecular weight excluding hydrogens is 201 g/mol. The lowest BCUT2D eigenvalue weighted by Crippen LogP contribution is -2.22. The van der Waals surface area contributed by atoms with Crippen molar-refractivity contribution in [2.24, 2.45) is 0 Å². The summed E-state index contributed by atoms with van der Waals surface area (Å²) in [5.41, 5.74) is -0.646. The molecule has 15 heavy (non-hydrogen) atoms. The van der Waals surface area contributed by atoms with Gasteiger partial charge >= 0.3 is 5.72 Å². The highest BCUT2D eigenvalue weighted by Crippen LogP contribution is 2.51. The maximum absolute atomic E-state index is 12.6. The predicted molar refractivity (Wildman–Crippen MR) is 50.2 cm³/mol. The van der Waals surface area contributed by atoms with Gasteiger partial charge in [-0.2, -0.15) is 0 Å². The maximum atomic E-state index is 12.6. The average molecular weight is 211 g/mol. The Morgan fingerprint density at radius 2 is 2.13 bits per heavy atom. The molecule has 0 saturated carbocycles. The van der Waals surface area contributed by atoms with E-state index < -0.39 is 16.8 Å². The van der Waals surface area contributed by atoms with Gasteiger partial charge in [-0.1, -0.05) is 19.1 Å². The second kappa shape index (κ2) is 3.27. The van der Waals surface area contributed by atoms with Gasteiger partial charge in [0, 0.05) is 6.42 Å². The van der Waals surface area contributed by atoms with E-state index in [1.807, 2.05) is 0 Å². The number of hydrogen-bond donors (Lipinski definition) is 0. The minimum Gasteiger partial charge on any atom is -0.294 e. The lowest BCUT2D eigenvalue weighted by atomic mass is 10.0. The van der Waals surface area contributed by atoms with Crippen LogP contribution in [0.4, 0.5) is 4.39 Å². The molecule has 1 aromatic carbocycles. The predicted octanol–water partition coefficient (Wildman–Crippen LogP) is 2.28. The molecule has 0 unspecified atom stereocenters. The van der Waals surface area contributed by atoms with E-state index in [4.69, 9.17) is 4.74 Å². The van der Waals surface area contributed by atoms with Crippen molar-refractivity contribution in [3.63, 3.8) is 0 Å². The lowest BCUT2D eigenvalue weighted by molar-refractivity contribution is -0.564. The van der Waals surface area contributed by atoms with Crippen molar-refractivity contribution in [3.8, 4) is 0 Å². The Kier molecular flexibility index (Phi) is 2.19. The van der Waals surface area contributed by atoms with Crippen molar-refractivity contribution in [1.29, 1.82) is 0 Å². The number of nitrogens with zero attached hydrogens (tertiary/aromatic N) is 1. The smallest absolute Gasteiger partial charge is 0.294 e. The molecule has 1 aliphatic rings. The standard InChI is InChI=1S/C10H10FNO3/c1-2-10(12(13)14)9(15-10)7-3-5-8(11)6-4-7/h3-6,9H,2H2,1H3/t9-,10-/m1/s1. The Bertz CT molecular complexity index is 392. The van der Waals surface area contributed by atoms with Gasteiger partial charge in [-0.25, -0.2) is 4.39 Å². The molecule has 0 spiro atoms. The number of halogens is 1. The molecule has 1 heterocycles. The molecule has 0 bridgehead atoms. The van der Waals surface area contributed by atoms with Crippen LogP contribution in [-0.4, -0.2) is 10.6 Å². The Morgan fingerprint density at radius 1 is 1.53 bits per heavy atom. The van der Waals surface area contributed by atoms with E-state index in [1.54, 1.807) is 6.92 Å². The fourth-order valence-electron chi connectivity index (χ4n) is 1.67. The highest BCUT2D eigenvalue weighted by Gasteiger charge is 2.68. The van der Waals surface area contributed by atoms with E-state index in [1.165, 1.54) is 24.3 Å². The first-order valence-corrected chi connectivity index (χ1v) is 4.68. The van der Waals surface area contributed by atoms with E-state index in [-0.39, 0.29) is 5.82 Å². The molecule has 0 aromatic heterocycles. The number of ether oxygens (including phenoxy) is 1. The van der Waals surface area contributed by atoms with Crippen LogP contribution in [0.2, 0.25) is 0 Å². The first kappa shape index (κ1) is 10.0. The summed E-state index contributed by atoms with van der Waals surface area (Å²) in [5.74, 6) is -0.359. The van der Waals surface area contributed by atoms with E-state index in [9.17, 15) is 14.5 Å². The Morgan fingerprint density at radius 3 is 2.53 bits per heavy atom. The van der Waals surface area contributed by atoms with Gasteiger partial charge in [0.15, 0.2) is 6.10 Å². The fourth-order valence-corrected chi connectivity index (χ4v) is 1.67. The van der Waals surface area contributed by atoms with Gasteiger partial charge in [0.1, 0.15) is 5.82 Å². The fraction of sp³-hybridized carbons (Fsp3) is 0.400. The van der Waals surface area contributed by atoms with Gasteiger partial charge < -0.3 is 0 Å². The van der Waals surface area contributed by atoms with Crippen LogP contribution in [0.5, 0.6) is 0 Å². The zero-order chi connectivity index (χ0) is 11.1. The lowest BCUT2D eigenvalue weighted by Gasteiger charge is -2.00. The zero-order valence-corrected chi connectivity index (χ0v) is 8.14. The van der Waals surface area contributed by atoms with Crippen LogP contribution in [-0.2, 0) is 4.74 Å². The van der Waals surface area contributed by atoms with Gasteiger partial charge in [0.2, 0.25) is 0 Å². The van der Waals surface area contributed by atoms with E-state index in [0.717, 1.165) is 0 Å². The number of rotatable bonds is 3. The van der Waals surface area contributed by atoms with Crippen LogP contribution in [0, 0.1) is 15.9 Å². The van der Waals surface area contributed by atoms with Gasteiger partial charge in [-0.3, -0.25) is 14.9 Å². The molecule has 5 heteroatoms. The molecule has 0 amide bonds. The Balaban J connectivity index is 2.22. The van der Waals surface area contributed by atoms with Crippen LogP contribution in [0.1, 0.15) is 25.0 Å². The van der Waals surface area contributed by atoms with Crippen LogP contribution >= 0.6 is 0 Å². The quantitative estimate of drug-likeness (QED) is 0.438. The summed E-state index contributed by atoms with van der Waals surface area (Å²) in [6.07, 6.45) is -0.236.